The zero-order valence-electron chi connectivity index (χ0n) is 9.63. The standard InChI is InChI=1S/C12H13BrF3NO/c1-5-2-6(13)3-8(10(5)14)12(17,11(15)16)7-4-9(7)18/h2-3,7,9,11,18H,4,17H2,1H3/t7-,9+,12-/m0/s1. The van der Waals surface area contributed by atoms with Gasteiger partial charge < -0.3 is 10.8 Å². The molecule has 1 aliphatic carbocycles. The highest BCUT2D eigenvalue weighted by molar-refractivity contribution is 9.10. The van der Waals surface area contributed by atoms with E-state index in [0.717, 1.165) is 0 Å². The molecule has 0 unspecified atom stereocenters. The van der Waals surface area contributed by atoms with Crippen molar-refractivity contribution in [3.8, 4) is 0 Å². The Morgan fingerprint density at radius 1 is 1.50 bits per heavy atom. The summed E-state index contributed by atoms with van der Waals surface area (Å²) >= 11 is 3.14. The molecule has 0 bridgehead atoms. The van der Waals surface area contributed by atoms with Crippen LogP contribution in [0, 0.1) is 18.7 Å². The highest BCUT2D eigenvalue weighted by atomic mass is 79.9. The Morgan fingerprint density at radius 3 is 2.50 bits per heavy atom. The zero-order chi connectivity index (χ0) is 13.7. The number of alkyl halides is 2. The van der Waals surface area contributed by atoms with E-state index in [2.05, 4.69) is 15.9 Å². The zero-order valence-corrected chi connectivity index (χ0v) is 11.2. The third-order valence-corrected chi connectivity index (χ3v) is 3.88. The normalized spacial score (nSPS) is 26.2. The predicted octanol–water partition coefficient (Wildman–Crippen LogP) is 2.70. The van der Waals surface area contributed by atoms with Gasteiger partial charge in [0.25, 0.3) is 6.43 Å². The van der Waals surface area contributed by atoms with Gasteiger partial charge in [-0.05, 0) is 31.0 Å². The van der Waals surface area contributed by atoms with Crippen LogP contribution in [-0.4, -0.2) is 17.6 Å². The van der Waals surface area contributed by atoms with Crippen molar-refractivity contribution < 1.29 is 18.3 Å². The first-order valence-corrected chi connectivity index (χ1v) is 6.29. The monoisotopic (exact) mass is 323 g/mol. The van der Waals surface area contributed by atoms with Gasteiger partial charge in [0.2, 0.25) is 0 Å². The van der Waals surface area contributed by atoms with Crippen LogP contribution in [0.1, 0.15) is 17.5 Å². The number of aryl methyl sites for hydroxylation is 1. The number of aliphatic hydroxyl groups is 1. The number of hydrogen-bond donors (Lipinski definition) is 2. The van der Waals surface area contributed by atoms with Gasteiger partial charge in [-0.3, -0.25) is 0 Å². The summed E-state index contributed by atoms with van der Waals surface area (Å²) < 4.78 is 41.0. The second-order valence-electron chi connectivity index (χ2n) is 4.73. The summed E-state index contributed by atoms with van der Waals surface area (Å²) in [5.74, 6) is -1.54. The smallest absolute Gasteiger partial charge is 0.260 e. The van der Waals surface area contributed by atoms with Crippen molar-refractivity contribution in [2.45, 2.75) is 31.4 Å². The van der Waals surface area contributed by atoms with Crippen molar-refractivity contribution in [1.29, 1.82) is 0 Å². The average molecular weight is 324 g/mol. The molecule has 3 atom stereocenters. The quantitative estimate of drug-likeness (QED) is 0.898. The van der Waals surface area contributed by atoms with Gasteiger partial charge in [0.1, 0.15) is 11.4 Å². The van der Waals surface area contributed by atoms with Gasteiger partial charge in [0, 0.05) is 16.0 Å². The van der Waals surface area contributed by atoms with E-state index in [1.54, 1.807) is 0 Å². The van der Waals surface area contributed by atoms with Gasteiger partial charge in [-0.25, -0.2) is 13.2 Å². The molecule has 0 heterocycles. The molecule has 2 nitrogen and oxygen atoms in total. The molecule has 1 aromatic rings. The van der Waals surface area contributed by atoms with Crippen LogP contribution in [-0.2, 0) is 5.54 Å². The van der Waals surface area contributed by atoms with Crippen LogP contribution in [0.15, 0.2) is 16.6 Å². The Hall–Kier alpha value is -0.590. The average Bonchev–Trinajstić information content (AvgIpc) is 3.00. The molecule has 1 fully saturated rings. The van der Waals surface area contributed by atoms with Gasteiger partial charge in [0.15, 0.2) is 0 Å². The van der Waals surface area contributed by atoms with Crippen LogP contribution < -0.4 is 5.73 Å². The molecule has 6 heteroatoms. The van der Waals surface area contributed by atoms with E-state index in [1.165, 1.54) is 19.1 Å². The minimum absolute atomic E-state index is 0.172. The van der Waals surface area contributed by atoms with Crippen LogP contribution in [0.25, 0.3) is 0 Å². The topological polar surface area (TPSA) is 46.2 Å². The number of hydrogen-bond acceptors (Lipinski definition) is 2. The van der Waals surface area contributed by atoms with Gasteiger partial charge in [-0.1, -0.05) is 15.9 Å². The molecule has 0 aromatic heterocycles. The Morgan fingerprint density at radius 2 is 2.06 bits per heavy atom. The first-order chi connectivity index (χ1) is 8.28. The molecule has 2 rings (SSSR count). The van der Waals surface area contributed by atoms with Crippen molar-refractivity contribution in [2.75, 3.05) is 0 Å². The second-order valence-corrected chi connectivity index (χ2v) is 5.64. The summed E-state index contributed by atoms with van der Waals surface area (Å²) in [4.78, 5) is 0. The van der Waals surface area contributed by atoms with Crippen molar-refractivity contribution >= 4 is 15.9 Å². The highest BCUT2D eigenvalue weighted by Gasteiger charge is 2.57. The maximum atomic E-state index is 14.0. The predicted molar refractivity (Wildman–Crippen MR) is 64.8 cm³/mol. The molecule has 0 aliphatic heterocycles. The van der Waals surface area contributed by atoms with Crippen molar-refractivity contribution in [3.05, 3.63) is 33.5 Å². The van der Waals surface area contributed by atoms with E-state index in [4.69, 9.17) is 5.73 Å². The summed E-state index contributed by atoms with van der Waals surface area (Å²) in [7, 11) is 0. The van der Waals surface area contributed by atoms with E-state index in [1.807, 2.05) is 0 Å². The third kappa shape index (κ3) is 2.06. The molecule has 1 saturated carbocycles. The fraction of sp³-hybridized carbons (Fsp3) is 0.500. The summed E-state index contributed by atoms with van der Waals surface area (Å²) in [5, 5.41) is 9.35. The number of nitrogens with two attached hydrogens (primary N) is 1. The molecule has 100 valence electrons. The first kappa shape index (κ1) is 13.8. The Balaban J connectivity index is 2.56. The molecule has 1 aliphatic rings. The van der Waals surface area contributed by atoms with Gasteiger partial charge >= 0.3 is 0 Å². The van der Waals surface area contributed by atoms with Crippen LogP contribution in [0.5, 0.6) is 0 Å². The Bertz CT molecular complexity index is 483. The number of halogens is 4. The van der Waals surface area contributed by atoms with Crippen molar-refractivity contribution in [1.82, 2.24) is 0 Å². The number of benzene rings is 1. The number of aliphatic hydroxyl groups excluding tert-OH is 1. The molecular formula is C12H13BrF3NO. The highest BCUT2D eigenvalue weighted by Crippen LogP contribution is 2.48. The lowest BCUT2D eigenvalue weighted by Gasteiger charge is -2.30. The minimum atomic E-state index is -2.94. The SMILES string of the molecule is Cc1cc(Br)cc([C@](N)(C(F)F)[C@H]2C[C@H]2O)c1F. The van der Waals surface area contributed by atoms with Crippen LogP contribution >= 0.6 is 15.9 Å². The first-order valence-electron chi connectivity index (χ1n) is 5.49. The van der Waals surface area contributed by atoms with Gasteiger partial charge in [-0.15, -0.1) is 0 Å². The molecule has 18 heavy (non-hydrogen) atoms. The third-order valence-electron chi connectivity index (χ3n) is 3.42. The van der Waals surface area contributed by atoms with E-state index >= 15 is 0 Å². The van der Waals surface area contributed by atoms with E-state index < -0.39 is 29.8 Å². The van der Waals surface area contributed by atoms with Crippen molar-refractivity contribution in [2.24, 2.45) is 11.7 Å². The lowest BCUT2D eigenvalue weighted by molar-refractivity contribution is 0.0261. The van der Waals surface area contributed by atoms with Crippen LogP contribution in [0.2, 0.25) is 0 Å². The largest absolute Gasteiger partial charge is 0.393 e. The molecule has 3 N–H and O–H groups in total. The maximum Gasteiger partial charge on any atom is 0.260 e. The summed E-state index contributed by atoms with van der Waals surface area (Å²) in [6.07, 6.45) is -3.66. The molecule has 0 spiro atoms. The molecule has 0 radical (unpaired) electrons. The van der Waals surface area contributed by atoms with E-state index in [0.29, 0.717) is 4.47 Å². The van der Waals surface area contributed by atoms with Gasteiger partial charge in [0.05, 0.1) is 6.10 Å². The molecular weight excluding hydrogens is 311 g/mol. The molecule has 0 saturated heterocycles. The van der Waals surface area contributed by atoms with E-state index in [9.17, 15) is 18.3 Å². The minimum Gasteiger partial charge on any atom is -0.393 e. The lowest BCUT2D eigenvalue weighted by Crippen LogP contribution is -2.48. The summed E-state index contributed by atoms with van der Waals surface area (Å²) in [6.45, 7) is 1.48. The summed E-state index contributed by atoms with van der Waals surface area (Å²) in [5.41, 5.74) is 3.58. The maximum absolute atomic E-state index is 14.0. The van der Waals surface area contributed by atoms with Crippen molar-refractivity contribution in [3.63, 3.8) is 0 Å². The second kappa shape index (κ2) is 4.51. The van der Waals surface area contributed by atoms with Crippen LogP contribution in [0.3, 0.4) is 0 Å². The fourth-order valence-corrected chi connectivity index (χ4v) is 2.79. The lowest BCUT2D eigenvalue weighted by atomic mass is 9.85. The summed E-state index contributed by atoms with van der Waals surface area (Å²) in [6, 6.07) is 2.76. The molecule has 1 aromatic carbocycles. The van der Waals surface area contributed by atoms with Gasteiger partial charge in [-0.2, -0.15) is 0 Å². The Kier molecular flexibility index (Phi) is 3.46. The number of rotatable bonds is 3. The Labute approximate surface area is 111 Å². The fourth-order valence-electron chi connectivity index (χ4n) is 2.21. The van der Waals surface area contributed by atoms with E-state index in [-0.39, 0.29) is 17.5 Å². The molecule has 0 amide bonds. The van der Waals surface area contributed by atoms with Crippen LogP contribution in [0.4, 0.5) is 13.2 Å².